The fourth-order valence-corrected chi connectivity index (χ4v) is 5.21. The first-order chi connectivity index (χ1) is 16.9. The molecule has 4 N–H and O–H groups in total. The van der Waals surface area contributed by atoms with Crippen LogP contribution >= 0.6 is 11.6 Å². The normalized spacial score (nSPS) is 18.9. The molecular weight excluding hydrogens is 475 g/mol. The van der Waals surface area contributed by atoms with Crippen LogP contribution in [-0.4, -0.2) is 60.6 Å². The quantitative estimate of drug-likeness (QED) is 0.439. The average molecular weight is 499 g/mol. The SMILES string of the molecule is CNC(=O)N1CC[C@]2(CNC(=O)c3c2[nH]c(-c2ccncc2F)c3Nc2cccc(Cl)c2OC)C1. The Balaban J connectivity index is 1.71. The van der Waals surface area contributed by atoms with E-state index in [4.69, 9.17) is 16.3 Å². The smallest absolute Gasteiger partial charge is 0.317 e. The summed E-state index contributed by atoms with van der Waals surface area (Å²) < 4.78 is 20.4. The summed E-state index contributed by atoms with van der Waals surface area (Å²) in [6.45, 7) is 1.28. The number of nitrogens with one attached hydrogen (secondary N) is 4. The maximum Gasteiger partial charge on any atom is 0.317 e. The monoisotopic (exact) mass is 498 g/mol. The van der Waals surface area contributed by atoms with E-state index in [2.05, 4.69) is 25.9 Å². The van der Waals surface area contributed by atoms with Gasteiger partial charge in [-0.25, -0.2) is 9.18 Å². The molecule has 9 nitrogen and oxygen atoms in total. The Hall–Kier alpha value is -3.79. The van der Waals surface area contributed by atoms with E-state index in [1.165, 1.54) is 13.3 Å². The number of ether oxygens (including phenoxy) is 1. The van der Waals surface area contributed by atoms with Crippen molar-refractivity contribution in [1.29, 1.82) is 0 Å². The molecule has 0 bridgehead atoms. The number of carbonyl (C=O) groups excluding carboxylic acids is 2. The molecule has 1 atom stereocenters. The second-order valence-electron chi connectivity index (χ2n) is 8.62. The third kappa shape index (κ3) is 3.74. The summed E-state index contributed by atoms with van der Waals surface area (Å²) in [4.78, 5) is 34.5. The van der Waals surface area contributed by atoms with Gasteiger partial charge in [0.25, 0.3) is 5.91 Å². The van der Waals surface area contributed by atoms with E-state index in [1.54, 1.807) is 36.2 Å². The third-order valence-corrected chi connectivity index (χ3v) is 6.97. The Kier molecular flexibility index (Phi) is 5.76. The molecule has 11 heteroatoms. The second-order valence-corrected chi connectivity index (χ2v) is 9.02. The van der Waals surface area contributed by atoms with Crippen molar-refractivity contribution in [2.75, 3.05) is 39.1 Å². The van der Waals surface area contributed by atoms with Gasteiger partial charge in [-0.2, -0.15) is 0 Å². The number of H-pyrrole nitrogens is 1. The van der Waals surface area contributed by atoms with Crippen molar-refractivity contribution >= 4 is 34.9 Å². The highest BCUT2D eigenvalue weighted by Crippen LogP contribution is 2.46. The minimum atomic E-state index is -0.549. The van der Waals surface area contributed by atoms with Crippen LogP contribution in [0.2, 0.25) is 5.02 Å². The van der Waals surface area contributed by atoms with Crippen LogP contribution in [0.15, 0.2) is 36.7 Å². The molecule has 0 unspecified atom stereocenters. The molecule has 1 aromatic carbocycles. The minimum Gasteiger partial charge on any atom is -0.493 e. The van der Waals surface area contributed by atoms with Gasteiger partial charge in [0.1, 0.15) is 0 Å². The largest absolute Gasteiger partial charge is 0.493 e. The predicted molar refractivity (Wildman–Crippen MR) is 130 cm³/mol. The van der Waals surface area contributed by atoms with Gasteiger partial charge in [-0.1, -0.05) is 17.7 Å². The lowest BCUT2D eigenvalue weighted by Crippen LogP contribution is -2.49. The number of carbonyl (C=O) groups is 2. The minimum absolute atomic E-state index is 0.186. The van der Waals surface area contributed by atoms with Crippen LogP contribution in [-0.2, 0) is 5.41 Å². The molecule has 1 spiro atoms. The van der Waals surface area contributed by atoms with Gasteiger partial charge in [-0.15, -0.1) is 0 Å². The van der Waals surface area contributed by atoms with E-state index >= 15 is 0 Å². The topological polar surface area (TPSA) is 111 Å². The predicted octanol–water partition coefficient (Wildman–Crippen LogP) is 3.65. The number of hydrogen-bond donors (Lipinski definition) is 4. The maximum atomic E-state index is 14.9. The van der Waals surface area contributed by atoms with Crippen molar-refractivity contribution in [3.8, 4) is 17.0 Å². The van der Waals surface area contributed by atoms with Crippen molar-refractivity contribution in [1.82, 2.24) is 25.5 Å². The number of para-hydroxylation sites is 1. The molecule has 1 saturated heterocycles. The number of amides is 3. The number of fused-ring (bicyclic) bond motifs is 2. The number of anilines is 2. The number of hydrogen-bond acceptors (Lipinski definition) is 5. The summed E-state index contributed by atoms with van der Waals surface area (Å²) in [5.74, 6) is -0.451. The zero-order valence-electron chi connectivity index (χ0n) is 19.2. The lowest BCUT2D eigenvalue weighted by atomic mass is 9.79. The number of aromatic nitrogens is 2. The molecule has 182 valence electrons. The number of likely N-dealkylation sites (tertiary alicyclic amines) is 1. The zero-order chi connectivity index (χ0) is 24.7. The molecule has 1 fully saturated rings. The second kappa shape index (κ2) is 8.77. The highest BCUT2D eigenvalue weighted by molar-refractivity contribution is 6.32. The van der Waals surface area contributed by atoms with Gasteiger partial charge >= 0.3 is 6.03 Å². The molecule has 0 radical (unpaired) electrons. The Bertz CT molecular complexity index is 1330. The van der Waals surface area contributed by atoms with Crippen molar-refractivity contribution in [3.05, 3.63) is 58.8 Å². The van der Waals surface area contributed by atoms with Crippen molar-refractivity contribution in [2.24, 2.45) is 0 Å². The molecule has 2 aromatic heterocycles. The number of halogens is 2. The standard InChI is InChI=1S/C24H24ClFN6O3/c1-27-23(34)32-9-7-24(12-32)11-29-22(33)17-19(30-16-5-3-4-14(25)20(16)35-2)18(31-21(17)24)13-6-8-28-10-15(13)26/h3-6,8,10,30-31H,7,9,11-12H2,1-2H3,(H,27,34)(H,29,33)/t24-/m0/s1. The summed E-state index contributed by atoms with van der Waals surface area (Å²) in [6, 6.07) is 6.56. The lowest BCUT2D eigenvalue weighted by molar-refractivity contribution is 0.0926. The Labute approximate surface area is 206 Å². The van der Waals surface area contributed by atoms with Gasteiger partial charge in [0, 0.05) is 49.6 Å². The number of methoxy groups -OCH3 is 1. The Morgan fingerprint density at radius 2 is 2.17 bits per heavy atom. The van der Waals surface area contributed by atoms with E-state index in [9.17, 15) is 14.0 Å². The van der Waals surface area contributed by atoms with E-state index in [0.717, 1.165) is 6.20 Å². The number of aromatic amines is 1. The first kappa shape index (κ1) is 23.0. The van der Waals surface area contributed by atoms with Crippen LogP contribution in [0.1, 0.15) is 22.5 Å². The molecule has 4 heterocycles. The fourth-order valence-electron chi connectivity index (χ4n) is 4.96. The van der Waals surface area contributed by atoms with E-state index in [1.807, 2.05) is 0 Å². The van der Waals surface area contributed by atoms with Crippen LogP contribution in [0.5, 0.6) is 5.75 Å². The highest BCUT2D eigenvalue weighted by atomic mass is 35.5. The zero-order valence-corrected chi connectivity index (χ0v) is 19.9. The number of nitrogens with zero attached hydrogens (tertiary/aromatic N) is 2. The van der Waals surface area contributed by atoms with Gasteiger partial charge in [-0.05, 0) is 24.6 Å². The molecule has 35 heavy (non-hydrogen) atoms. The molecule has 0 aliphatic carbocycles. The molecular formula is C24H24ClFN6O3. The average Bonchev–Trinajstić information content (AvgIpc) is 3.45. The summed E-state index contributed by atoms with van der Waals surface area (Å²) in [7, 11) is 3.08. The first-order valence-corrected chi connectivity index (χ1v) is 11.5. The molecule has 5 rings (SSSR count). The van der Waals surface area contributed by atoms with Crippen LogP contribution in [0, 0.1) is 5.82 Å². The lowest BCUT2D eigenvalue weighted by Gasteiger charge is -2.33. The van der Waals surface area contributed by atoms with Crippen molar-refractivity contribution in [3.63, 3.8) is 0 Å². The maximum absolute atomic E-state index is 14.9. The molecule has 2 aliphatic rings. The Morgan fingerprint density at radius 3 is 2.91 bits per heavy atom. The van der Waals surface area contributed by atoms with Gasteiger partial charge in [0.05, 0.1) is 41.0 Å². The van der Waals surface area contributed by atoms with Gasteiger partial charge in [0.15, 0.2) is 11.6 Å². The van der Waals surface area contributed by atoms with Crippen LogP contribution in [0.25, 0.3) is 11.3 Å². The fraction of sp³-hybridized carbons (Fsp3) is 0.292. The van der Waals surface area contributed by atoms with Crippen molar-refractivity contribution in [2.45, 2.75) is 11.8 Å². The summed E-state index contributed by atoms with van der Waals surface area (Å²) in [5, 5.41) is 9.28. The third-order valence-electron chi connectivity index (χ3n) is 6.67. The van der Waals surface area contributed by atoms with Gasteiger partial charge in [0.2, 0.25) is 0 Å². The van der Waals surface area contributed by atoms with E-state index in [-0.39, 0.29) is 17.5 Å². The first-order valence-electron chi connectivity index (χ1n) is 11.1. The summed E-state index contributed by atoms with van der Waals surface area (Å²) >= 11 is 6.32. The molecule has 0 saturated carbocycles. The molecule has 3 aromatic rings. The summed E-state index contributed by atoms with van der Waals surface area (Å²) in [5.41, 5.74) is 2.02. The highest BCUT2D eigenvalue weighted by Gasteiger charge is 2.48. The van der Waals surface area contributed by atoms with Gasteiger partial charge in [-0.3, -0.25) is 9.78 Å². The van der Waals surface area contributed by atoms with Crippen molar-refractivity contribution < 1.29 is 18.7 Å². The number of rotatable bonds is 4. The van der Waals surface area contributed by atoms with Crippen LogP contribution < -0.4 is 20.7 Å². The van der Waals surface area contributed by atoms with Crippen LogP contribution in [0.3, 0.4) is 0 Å². The number of urea groups is 1. The number of pyridine rings is 1. The molecule has 2 aliphatic heterocycles. The Morgan fingerprint density at radius 1 is 1.34 bits per heavy atom. The van der Waals surface area contributed by atoms with E-state index < -0.39 is 11.2 Å². The summed E-state index contributed by atoms with van der Waals surface area (Å²) in [6.07, 6.45) is 3.24. The molecule has 3 amide bonds. The van der Waals surface area contributed by atoms with Gasteiger partial charge < -0.3 is 30.6 Å². The van der Waals surface area contributed by atoms with Crippen LogP contribution in [0.4, 0.5) is 20.6 Å². The number of benzene rings is 1. The van der Waals surface area contributed by atoms with E-state index in [0.29, 0.717) is 65.2 Å².